The number of ether oxygens (including phenoxy) is 2. The summed E-state index contributed by atoms with van der Waals surface area (Å²) < 4.78 is 10.5. The number of carbonyl (C=O) groups excluding carboxylic acids is 3. The van der Waals surface area contributed by atoms with Gasteiger partial charge >= 0.3 is 5.97 Å². The van der Waals surface area contributed by atoms with E-state index in [1.165, 1.54) is 11.3 Å². The molecule has 6 rings (SSSR count). The van der Waals surface area contributed by atoms with Crippen molar-refractivity contribution >= 4 is 45.0 Å². The maximum Gasteiger partial charge on any atom is 0.313 e. The third-order valence-corrected chi connectivity index (χ3v) is 7.07. The van der Waals surface area contributed by atoms with E-state index < -0.39 is 17.4 Å². The van der Waals surface area contributed by atoms with E-state index in [1.54, 1.807) is 18.2 Å². The van der Waals surface area contributed by atoms with E-state index in [0.29, 0.717) is 40.2 Å². The monoisotopic (exact) mass is 452 g/mol. The van der Waals surface area contributed by atoms with Gasteiger partial charge in [0.15, 0.2) is 6.61 Å². The Balaban J connectivity index is 1.24. The fourth-order valence-electron chi connectivity index (χ4n) is 4.51. The third-order valence-electron chi connectivity index (χ3n) is 5.94. The quantitative estimate of drug-likeness (QED) is 0.505. The molecule has 2 aromatic heterocycles. The molecule has 32 heavy (non-hydrogen) atoms. The first-order valence-corrected chi connectivity index (χ1v) is 10.9. The average Bonchev–Trinajstić information content (AvgIpc) is 3.41. The Labute approximate surface area is 183 Å². The molecule has 2 atom stereocenters. The topological polar surface area (TPSA) is 139 Å². The molecule has 1 fully saturated rings. The highest BCUT2D eigenvalue weighted by atomic mass is 32.1. The van der Waals surface area contributed by atoms with Crippen LogP contribution in [0.3, 0.4) is 0 Å². The normalized spacial score (nSPS) is 20.8. The highest BCUT2D eigenvalue weighted by molar-refractivity contribution is 7.18. The maximum absolute atomic E-state index is 12.8. The molecular weight excluding hydrogens is 436 g/mol. The van der Waals surface area contributed by atoms with Crippen molar-refractivity contribution in [3.8, 4) is 5.75 Å². The molecule has 10 nitrogen and oxygen atoms in total. The zero-order valence-corrected chi connectivity index (χ0v) is 17.3. The fourth-order valence-corrected chi connectivity index (χ4v) is 5.82. The Kier molecular flexibility index (Phi) is 4.09. The molecule has 2 unspecified atom stereocenters. The van der Waals surface area contributed by atoms with Gasteiger partial charge in [-0.1, -0.05) is 6.07 Å². The molecule has 0 spiro atoms. The lowest BCUT2D eigenvalue weighted by molar-refractivity contribution is -0.139. The predicted molar refractivity (Wildman–Crippen MR) is 113 cm³/mol. The molecule has 3 aromatic rings. The minimum absolute atomic E-state index is 0.0284. The number of rotatable bonds is 3. The number of fused-ring (bicyclic) bond motifs is 6. The van der Waals surface area contributed by atoms with Gasteiger partial charge in [-0.15, -0.1) is 11.3 Å². The highest BCUT2D eigenvalue weighted by Crippen LogP contribution is 2.48. The number of anilines is 1. The third kappa shape index (κ3) is 2.88. The number of cyclic esters (lactones) is 1. The van der Waals surface area contributed by atoms with Crippen molar-refractivity contribution in [2.24, 2.45) is 5.92 Å². The van der Waals surface area contributed by atoms with Crippen LogP contribution in [0.2, 0.25) is 0 Å². The van der Waals surface area contributed by atoms with Crippen molar-refractivity contribution in [1.82, 2.24) is 15.3 Å². The first-order valence-electron chi connectivity index (χ1n) is 10.0. The maximum atomic E-state index is 12.8. The van der Waals surface area contributed by atoms with Crippen LogP contribution in [0.25, 0.3) is 10.2 Å². The first-order chi connectivity index (χ1) is 15.5. The number of aromatic amines is 1. The molecule has 1 aromatic carbocycles. The molecule has 2 amide bonds. The van der Waals surface area contributed by atoms with Crippen molar-refractivity contribution in [2.45, 2.75) is 18.9 Å². The van der Waals surface area contributed by atoms with Crippen molar-refractivity contribution < 1.29 is 23.9 Å². The second kappa shape index (κ2) is 6.89. The summed E-state index contributed by atoms with van der Waals surface area (Å²) in [6.45, 7) is 0.510. The number of amides is 2. The first kappa shape index (κ1) is 19.0. The van der Waals surface area contributed by atoms with Crippen molar-refractivity contribution in [2.75, 3.05) is 18.5 Å². The number of carbonyl (C=O) groups is 3. The van der Waals surface area contributed by atoms with Gasteiger partial charge < -0.3 is 25.1 Å². The molecule has 1 saturated heterocycles. The number of thiophene rings is 1. The van der Waals surface area contributed by atoms with E-state index in [-0.39, 0.29) is 36.8 Å². The minimum Gasteiger partial charge on any atom is -0.482 e. The van der Waals surface area contributed by atoms with Crippen molar-refractivity contribution in [3.05, 3.63) is 50.4 Å². The van der Waals surface area contributed by atoms with Crippen molar-refractivity contribution in [1.29, 1.82) is 0 Å². The lowest BCUT2D eigenvalue weighted by atomic mass is 9.95. The summed E-state index contributed by atoms with van der Waals surface area (Å²) in [5.74, 6) is -0.959. The summed E-state index contributed by atoms with van der Waals surface area (Å²) in [5.41, 5.74) is 1.55. The van der Waals surface area contributed by atoms with Crippen LogP contribution in [0, 0.1) is 5.92 Å². The van der Waals surface area contributed by atoms with Gasteiger partial charge in [0.25, 0.3) is 17.4 Å². The molecule has 4 heterocycles. The lowest BCUT2D eigenvalue weighted by Gasteiger charge is -2.18. The summed E-state index contributed by atoms with van der Waals surface area (Å²) in [6, 6.07) is 5.21. The van der Waals surface area contributed by atoms with E-state index in [0.717, 1.165) is 10.4 Å². The van der Waals surface area contributed by atoms with E-state index in [1.807, 2.05) is 0 Å². The number of aromatic nitrogens is 2. The number of nitrogens with zero attached hydrogens (tertiary/aromatic N) is 1. The molecule has 3 N–H and O–H groups in total. The summed E-state index contributed by atoms with van der Waals surface area (Å²) in [5, 5.41) is 5.81. The summed E-state index contributed by atoms with van der Waals surface area (Å²) in [7, 11) is 0. The molecule has 2 aliphatic heterocycles. The van der Waals surface area contributed by atoms with Crippen LogP contribution in [-0.4, -0.2) is 41.0 Å². The number of benzene rings is 1. The van der Waals surface area contributed by atoms with E-state index in [2.05, 4.69) is 20.6 Å². The molecule has 0 bridgehead atoms. The number of esters is 1. The van der Waals surface area contributed by atoms with Crippen molar-refractivity contribution in [3.63, 3.8) is 0 Å². The average molecular weight is 452 g/mol. The van der Waals surface area contributed by atoms with Crippen LogP contribution in [-0.2, 0) is 27.3 Å². The summed E-state index contributed by atoms with van der Waals surface area (Å²) in [4.78, 5) is 57.4. The van der Waals surface area contributed by atoms with E-state index in [9.17, 15) is 19.2 Å². The van der Waals surface area contributed by atoms with Crippen LogP contribution < -0.4 is 20.9 Å². The fraction of sp³-hybridized carbons (Fsp3) is 0.286. The second-order valence-corrected chi connectivity index (χ2v) is 9.04. The van der Waals surface area contributed by atoms with Crippen LogP contribution >= 0.6 is 11.3 Å². The van der Waals surface area contributed by atoms with Gasteiger partial charge in [-0.2, -0.15) is 0 Å². The Bertz CT molecular complexity index is 1390. The molecular formula is C21H16N4O6S. The van der Waals surface area contributed by atoms with E-state index >= 15 is 0 Å². The number of hydrogen-bond donors (Lipinski definition) is 3. The lowest BCUT2D eigenvalue weighted by Crippen LogP contribution is -2.28. The SMILES string of the molecule is O=C1COc2ccc(CNC(=O)c3nc4sc5c(c4c(=O)[nH]3)C3C(=O)OCC3C5)cc2N1. The minimum atomic E-state index is -0.534. The Hall–Kier alpha value is -3.73. The molecule has 0 saturated carbocycles. The zero-order valence-electron chi connectivity index (χ0n) is 16.5. The van der Waals surface area contributed by atoms with Gasteiger partial charge in [-0.05, 0) is 29.7 Å². The number of nitrogens with one attached hydrogen (secondary N) is 3. The van der Waals surface area contributed by atoms with Crippen LogP contribution in [0.4, 0.5) is 5.69 Å². The second-order valence-electron chi connectivity index (χ2n) is 7.96. The highest BCUT2D eigenvalue weighted by Gasteiger charge is 2.47. The van der Waals surface area contributed by atoms with Gasteiger partial charge in [0, 0.05) is 17.3 Å². The van der Waals surface area contributed by atoms with E-state index in [4.69, 9.17) is 9.47 Å². The number of hydrogen-bond acceptors (Lipinski definition) is 8. The predicted octanol–water partition coefficient (Wildman–Crippen LogP) is 1.06. The molecule has 3 aliphatic rings. The summed E-state index contributed by atoms with van der Waals surface area (Å²) >= 11 is 1.35. The Morgan fingerprint density at radius 1 is 1.25 bits per heavy atom. The Morgan fingerprint density at radius 3 is 3.00 bits per heavy atom. The molecule has 11 heteroatoms. The molecule has 162 valence electrons. The zero-order chi connectivity index (χ0) is 22.0. The van der Waals surface area contributed by atoms with Crippen LogP contribution in [0.1, 0.15) is 32.5 Å². The van der Waals surface area contributed by atoms with Gasteiger partial charge in [-0.25, -0.2) is 4.98 Å². The van der Waals surface area contributed by atoms with Crippen LogP contribution in [0.5, 0.6) is 5.75 Å². The largest absolute Gasteiger partial charge is 0.482 e. The smallest absolute Gasteiger partial charge is 0.313 e. The van der Waals surface area contributed by atoms with Crippen LogP contribution in [0.15, 0.2) is 23.0 Å². The Morgan fingerprint density at radius 2 is 2.12 bits per heavy atom. The van der Waals surface area contributed by atoms with Gasteiger partial charge in [0.1, 0.15) is 10.6 Å². The molecule has 0 radical (unpaired) electrons. The molecule has 1 aliphatic carbocycles. The van der Waals surface area contributed by atoms with Gasteiger partial charge in [0.05, 0.1) is 23.6 Å². The number of H-pyrrole nitrogens is 1. The van der Waals surface area contributed by atoms with Gasteiger partial charge in [-0.3, -0.25) is 19.2 Å². The van der Waals surface area contributed by atoms with Gasteiger partial charge in [0.2, 0.25) is 5.82 Å². The standard InChI is InChI=1S/C21H16N4O6S/c26-13-7-30-11-2-1-8(3-10(11)23-13)5-22-19(28)17-24-18(27)16-15-12(32-20(16)25-17)4-9-6-31-21(29)14(9)15/h1-3,9,14H,4-7H2,(H,22,28)(H,23,26)(H,24,25,27). The summed E-state index contributed by atoms with van der Waals surface area (Å²) in [6.07, 6.45) is 0.673.